The molecule has 0 bridgehead atoms. The molecule has 0 aliphatic rings. The highest BCUT2D eigenvalue weighted by Gasteiger charge is 2.05. The van der Waals surface area contributed by atoms with E-state index in [4.69, 9.17) is 47.8 Å². The van der Waals surface area contributed by atoms with Crippen LogP contribution in [0.15, 0.2) is 4.99 Å². The molecule has 0 aromatic heterocycles. The molecule has 0 amide bonds. The summed E-state index contributed by atoms with van der Waals surface area (Å²) in [5.74, 6) is -4.56. The van der Waals surface area contributed by atoms with Crippen LogP contribution in [-0.2, 0) is 28.8 Å². The molecule has 0 heterocycles. The summed E-state index contributed by atoms with van der Waals surface area (Å²) in [4.78, 5) is 64.4. The third-order valence-corrected chi connectivity index (χ3v) is 7.91. The molecule has 0 spiro atoms. The third kappa shape index (κ3) is 66.3. The maximum absolute atomic E-state index is 10.3. The summed E-state index contributed by atoms with van der Waals surface area (Å²) >= 11 is 0. The molecule has 0 aromatic rings. The Balaban J connectivity index is -0.000000337. The van der Waals surface area contributed by atoms with Crippen LogP contribution in [0.4, 0.5) is 0 Å². The number of carboxylic acid groups (broad SMARTS) is 6. The maximum atomic E-state index is 10.3. The predicted molar refractivity (Wildman–Crippen MR) is 209 cm³/mol. The fourth-order valence-corrected chi connectivity index (χ4v) is 4.72. The number of carboxylic acids is 6. The van der Waals surface area contributed by atoms with Crippen LogP contribution in [0.25, 0.3) is 0 Å². The van der Waals surface area contributed by atoms with Crippen molar-refractivity contribution in [3.8, 4) is 0 Å². The van der Waals surface area contributed by atoms with E-state index in [9.17, 15) is 28.8 Å². The van der Waals surface area contributed by atoms with Crippen molar-refractivity contribution in [2.24, 2.45) is 22.2 Å². The highest BCUT2D eigenvalue weighted by atomic mass is 16.4. The van der Waals surface area contributed by atoms with Gasteiger partial charge in [-0.3, -0.25) is 33.8 Å². The lowest BCUT2D eigenvalue weighted by Gasteiger charge is -2.03. The quantitative estimate of drug-likeness (QED) is 0.0184. The molecule has 1 atom stereocenters. The molecule has 0 aromatic carbocycles. The van der Waals surface area contributed by atoms with Crippen LogP contribution in [0.3, 0.4) is 0 Å². The molecule has 0 rings (SSSR count). The van der Waals surface area contributed by atoms with Crippen molar-refractivity contribution in [3.63, 3.8) is 0 Å². The molecule has 0 radical (unpaired) electrons. The Morgan fingerprint density at radius 2 is 0.611 bits per heavy atom. The van der Waals surface area contributed by atoms with Gasteiger partial charge in [0.1, 0.15) is 6.04 Å². The van der Waals surface area contributed by atoms with Gasteiger partial charge < -0.3 is 47.8 Å². The first kappa shape index (κ1) is 56.8. The van der Waals surface area contributed by atoms with E-state index >= 15 is 0 Å². The SMILES string of the molecule is CCC(N)C(=O)O.NC(N)=NCCCC(=O)O.O=C(O)CCCCCCCCCC(=O)O.O=C(O)CCCCCCCCCCCCCCCCC(=O)O. The first-order valence-corrected chi connectivity index (χ1v) is 19.7. The topological polar surface area (TPSA) is 314 Å². The third-order valence-electron chi connectivity index (χ3n) is 7.91. The number of aliphatic carboxylic acids is 6. The minimum Gasteiger partial charge on any atom is -0.481 e. The van der Waals surface area contributed by atoms with Crippen LogP contribution in [-0.4, -0.2) is 85.0 Å². The van der Waals surface area contributed by atoms with Gasteiger partial charge in [-0.2, -0.15) is 0 Å². The number of guanidine groups is 1. The van der Waals surface area contributed by atoms with Gasteiger partial charge in [0, 0.05) is 38.6 Å². The second kappa shape index (κ2) is 45.2. The van der Waals surface area contributed by atoms with Crippen LogP contribution in [0.5, 0.6) is 0 Å². The van der Waals surface area contributed by atoms with Gasteiger partial charge in [-0.25, -0.2) is 0 Å². The van der Waals surface area contributed by atoms with Crippen molar-refractivity contribution in [1.29, 1.82) is 0 Å². The summed E-state index contributed by atoms with van der Waals surface area (Å²) in [6.07, 6.45) is 25.2. The van der Waals surface area contributed by atoms with Gasteiger partial charge in [-0.15, -0.1) is 0 Å². The molecule has 0 aliphatic carbocycles. The molecule has 16 nitrogen and oxygen atoms in total. The fourth-order valence-electron chi connectivity index (χ4n) is 4.72. The van der Waals surface area contributed by atoms with E-state index in [0.29, 0.717) is 32.2 Å². The van der Waals surface area contributed by atoms with E-state index < -0.39 is 41.9 Å². The summed E-state index contributed by atoms with van der Waals surface area (Å²) in [7, 11) is 0. The lowest BCUT2D eigenvalue weighted by Crippen LogP contribution is -2.28. The number of rotatable bonds is 33. The number of nitrogens with two attached hydrogens (primary N) is 3. The van der Waals surface area contributed by atoms with E-state index in [1.807, 2.05) is 0 Å². The molecule has 0 saturated heterocycles. The number of hydrogen-bond acceptors (Lipinski definition) is 8. The van der Waals surface area contributed by atoms with Crippen LogP contribution < -0.4 is 17.2 Å². The van der Waals surface area contributed by atoms with Crippen molar-refractivity contribution >= 4 is 41.8 Å². The molecule has 16 heteroatoms. The van der Waals surface area contributed by atoms with E-state index in [-0.39, 0.29) is 25.2 Å². The number of nitrogens with zero attached hydrogens (tertiary/aromatic N) is 1. The monoisotopic (exact) mass is 779 g/mol. The standard InChI is InChI=1S/C18H34O4.C11H20O4.C5H11N3O2.C4H9NO2/c19-17(20)15-13-11-9-7-5-3-1-2-4-6-8-10-12-14-16-18(21)22;12-10(13)8-6-4-2-1-3-5-7-9-11(14)15;6-5(7)8-3-1-2-4(9)10;1-2-3(5)4(6)7/h1-16H2,(H,19,20)(H,21,22);1-9H2,(H,12,13)(H,14,15);1-3H2,(H,9,10)(H4,6,7,8);3H,2,5H2,1H3,(H,6,7). The first-order valence-electron chi connectivity index (χ1n) is 19.7. The lowest BCUT2D eigenvalue weighted by molar-refractivity contribution is -0.139. The molecule has 318 valence electrons. The van der Waals surface area contributed by atoms with E-state index in [0.717, 1.165) is 70.6 Å². The van der Waals surface area contributed by atoms with Gasteiger partial charge >= 0.3 is 35.8 Å². The Hall–Kier alpha value is -3.95. The molecule has 12 N–H and O–H groups in total. The molecule has 1 unspecified atom stereocenters. The van der Waals surface area contributed by atoms with Gasteiger partial charge in [0.05, 0.1) is 0 Å². The first-order chi connectivity index (χ1) is 25.6. The minimum atomic E-state index is -0.928. The second-order valence-corrected chi connectivity index (χ2v) is 13.2. The molecular weight excluding hydrogens is 704 g/mol. The van der Waals surface area contributed by atoms with Gasteiger partial charge in [-0.1, -0.05) is 116 Å². The van der Waals surface area contributed by atoms with Gasteiger partial charge in [-0.05, 0) is 38.5 Å². The second-order valence-electron chi connectivity index (χ2n) is 13.2. The summed E-state index contributed by atoms with van der Waals surface area (Å²) < 4.78 is 0. The Morgan fingerprint density at radius 1 is 0.407 bits per heavy atom. The van der Waals surface area contributed by atoms with Crippen LogP contribution in [0, 0.1) is 0 Å². The summed E-state index contributed by atoms with van der Waals surface area (Å²) in [5, 5.41) is 50.0. The number of aliphatic imine (C=N–C) groups is 1. The van der Waals surface area contributed by atoms with Gasteiger partial charge in [0.25, 0.3) is 0 Å². The molecule has 0 saturated carbocycles. The number of unbranched alkanes of at least 4 members (excludes halogenated alkanes) is 19. The minimum absolute atomic E-state index is 0.00499. The van der Waals surface area contributed by atoms with Crippen molar-refractivity contribution < 1.29 is 59.4 Å². The zero-order valence-corrected chi connectivity index (χ0v) is 32.9. The normalized spacial score (nSPS) is 10.6. The molecule has 0 fully saturated rings. The zero-order valence-electron chi connectivity index (χ0n) is 32.9. The lowest BCUT2D eigenvalue weighted by atomic mass is 10.0. The van der Waals surface area contributed by atoms with E-state index in [1.165, 1.54) is 64.2 Å². The highest BCUT2D eigenvalue weighted by Crippen LogP contribution is 2.14. The van der Waals surface area contributed by atoms with Crippen molar-refractivity contribution in [2.45, 2.75) is 193 Å². The fraction of sp³-hybridized carbons (Fsp3) is 0.816. The summed E-state index contributed by atoms with van der Waals surface area (Å²) in [6, 6.07) is -0.681. The largest absolute Gasteiger partial charge is 0.481 e. The number of hydrogen-bond donors (Lipinski definition) is 9. The van der Waals surface area contributed by atoms with E-state index in [2.05, 4.69) is 4.99 Å². The Bertz CT molecular complexity index is 928. The molecule has 0 aliphatic heterocycles. The van der Waals surface area contributed by atoms with E-state index in [1.54, 1.807) is 6.92 Å². The summed E-state index contributed by atoms with van der Waals surface area (Å²) in [6.45, 7) is 2.12. The Kier molecular flexibility index (Phi) is 47.5. The average Bonchev–Trinajstić information content (AvgIpc) is 3.09. The van der Waals surface area contributed by atoms with Crippen LogP contribution >= 0.6 is 0 Å². The summed E-state index contributed by atoms with van der Waals surface area (Å²) in [5.41, 5.74) is 15.0. The Morgan fingerprint density at radius 3 is 0.759 bits per heavy atom. The maximum Gasteiger partial charge on any atom is 0.320 e. The predicted octanol–water partition coefficient (Wildman–Crippen LogP) is 7.00. The zero-order chi connectivity index (χ0) is 41.8. The van der Waals surface area contributed by atoms with Crippen LogP contribution in [0.1, 0.15) is 187 Å². The van der Waals surface area contributed by atoms with Crippen molar-refractivity contribution in [1.82, 2.24) is 0 Å². The van der Waals surface area contributed by atoms with Gasteiger partial charge in [0.15, 0.2) is 5.96 Å². The van der Waals surface area contributed by atoms with Gasteiger partial charge in [0.2, 0.25) is 0 Å². The Labute approximate surface area is 322 Å². The van der Waals surface area contributed by atoms with Crippen molar-refractivity contribution in [2.75, 3.05) is 6.54 Å². The smallest absolute Gasteiger partial charge is 0.320 e. The average molecular weight is 779 g/mol. The van der Waals surface area contributed by atoms with Crippen LogP contribution in [0.2, 0.25) is 0 Å². The molecular formula is C38H74N4O12. The van der Waals surface area contributed by atoms with Crippen molar-refractivity contribution in [3.05, 3.63) is 0 Å². The molecule has 54 heavy (non-hydrogen) atoms. The highest BCUT2D eigenvalue weighted by molar-refractivity contribution is 5.75. The number of carbonyl (C=O) groups is 6.